The highest BCUT2D eigenvalue weighted by Crippen LogP contribution is 2.37. The van der Waals surface area contributed by atoms with E-state index in [-0.39, 0.29) is 11.4 Å². The number of nitrogens with zero attached hydrogens (tertiary/aromatic N) is 2. The first-order valence-corrected chi connectivity index (χ1v) is 11.2. The zero-order chi connectivity index (χ0) is 20.4. The van der Waals surface area contributed by atoms with Gasteiger partial charge in [0.2, 0.25) is 0 Å². The maximum Gasteiger partial charge on any atom is 0.183 e. The van der Waals surface area contributed by atoms with Gasteiger partial charge >= 0.3 is 0 Å². The zero-order valence-corrected chi connectivity index (χ0v) is 18.3. The van der Waals surface area contributed by atoms with Crippen molar-refractivity contribution in [1.82, 2.24) is 15.3 Å². The number of methoxy groups -OCH3 is 2. The van der Waals surface area contributed by atoms with Crippen LogP contribution in [-0.4, -0.2) is 48.8 Å². The van der Waals surface area contributed by atoms with Crippen LogP contribution in [0.1, 0.15) is 26.8 Å². The Balaban J connectivity index is 1.53. The van der Waals surface area contributed by atoms with Gasteiger partial charge in [0, 0.05) is 23.9 Å². The summed E-state index contributed by atoms with van der Waals surface area (Å²) in [6.45, 7) is 3.57. The van der Waals surface area contributed by atoms with E-state index < -0.39 is 0 Å². The number of carbonyl (C=O) groups excluding carboxylic acids is 1. The molecular weight excluding hydrogens is 406 g/mol. The number of Topliss-reactive ketones (excluding diaryl/α,β-unsaturated/α-hetero) is 1. The molecule has 2 aromatic heterocycles. The van der Waals surface area contributed by atoms with Gasteiger partial charge in [-0.15, -0.1) is 11.3 Å². The molecule has 29 heavy (non-hydrogen) atoms. The highest BCUT2D eigenvalue weighted by molar-refractivity contribution is 8.00. The second-order valence-corrected chi connectivity index (χ2v) is 9.01. The standard InChI is InChI=1S/C21H23N3O3S2/c1-13-23-16-5-4-14(26-2)10-15(16)20(24-13)28-11-17(25)18-6-7-19(29-18)21(27-3)8-9-22-12-21/h4-7,10,22H,8-9,11-12H2,1-3H3. The van der Waals surface area contributed by atoms with Crippen molar-refractivity contribution >= 4 is 39.8 Å². The first-order valence-electron chi connectivity index (χ1n) is 9.39. The lowest BCUT2D eigenvalue weighted by atomic mass is 10.0. The summed E-state index contributed by atoms with van der Waals surface area (Å²) in [6, 6.07) is 9.65. The number of hydrogen-bond acceptors (Lipinski definition) is 8. The van der Waals surface area contributed by atoms with Crippen molar-refractivity contribution in [2.75, 3.05) is 33.1 Å². The van der Waals surface area contributed by atoms with Crippen LogP contribution < -0.4 is 10.1 Å². The molecule has 8 heteroatoms. The third-order valence-corrected chi connectivity index (χ3v) is 7.46. The number of hydrogen-bond donors (Lipinski definition) is 1. The summed E-state index contributed by atoms with van der Waals surface area (Å²) in [5.74, 6) is 1.85. The van der Waals surface area contributed by atoms with E-state index in [2.05, 4.69) is 15.3 Å². The Morgan fingerprint density at radius 3 is 2.86 bits per heavy atom. The van der Waals surface area contributed by atoms with Crippen LogP contribution in [-0.2, 0) is 10.3 Å². The molecule has 0 amide bonds. The SMILES string of the molecule is COc1ccc2nc(C)nc(SCC(=O)c3ccc(C4(OC)CCNC4)s3)c2c1. The summed E-state index contributed by atoms with van der Waals surface area (Å²) in [4.78, 5) is 23.7. The molecule has 6 nitrogen and oxygen atoms in total. The number of fused-ring (bicyclic) bond motifs is 1. The summed E-state index contributed by atoms with van der Waals surface area (Å²) in [5.41, 5.74) is 0.537. The van der Waals surface area contributed by atoms with Gasteiger partial charge in [0.05, 0.1) is 23.3 Å². The van der Waals surface area contributed by atoms with Gasteiger partial charge in [-0.3, -0.25) is 4.79 Å². The van der Waals surface area contributed by atoms with Gasteiger partial charge in [0.15, 0.2) is 5.78 Å². The summed E-state index contributed by atoms with van der Waals surface area (Å²) in [6.07, 6.45) is 0.917. The molecule has 1 aliphatic rings. The molecule has 152 valence electrons. The smallest absolute Gasteiger partial charge is 0.183 e. The average molecular weight is 430 g/mol. The fourth-order valence-corrected chi connectivity index (χ4v) is 5.69. The fourth-order valence-electron chi connectivity index (χ4n) is 3.52. The Morgan fingerprint density at radius 1 is 1.28 bits per heavy atom. The van der Waals surface area contributed by atoms with Gasteiger partial charge in [-0.25, -0.2) is 9.97 Å². The largest absolute Gasteiger partial charge is 0.497 e. The third kappa shape index (κ3) is 4.02. The van der Waals surface area contributed by atoms with E-state index in [4.69, 9.17) is 9.47 Å². The summed E-state index contributed by atoms with van der Waals surface area (Å²) >= 11 is 2.97. The minimum absolute atomic E-state index is 0.0933. The van der Waals surface area contributed by atoms with E-state index in [0.29, 0.717) is 11.6 Å². The van der Waals surface area contributed by atoms with Crippen molar-refractivity contribution in [3.05, 3.63) is 45.9 Å². The van der Waals surface area contributed by atoms with Crippen LogP contribution in [0.4, 0.5) is 0 Å². The number of aryl methyl sites for hydroxylation is 1. The van der Waals surface area contributed by atoms with E-state index in [9.17, 15) is 4.79 Å². The molecule has 0 bridgehead atoms. The van der Waals surface area contributed by atoms with Crippen LogP contribution in [0.3, 0.4) is 0 Å². The second kappa shape index (κ2) is 8.39. The highest BCUT2D eigenvalue weighted by atomic mass is 32.2. The lowest BCUT2D eigenvalue weighted by Crippen LogP contribution is -2.29. The van der Waals surface area contributed by atoms with E-state index in [1.54, 1.807) is 14.2 Å². The number of carbonyl (C=O) groups is 1. The van der Waals surface area contributed by atoms with Crippen molar-refractivity contribution < 1.29 is 14.3 Å². The second-order valence-electron chi connectivity index (χ2n) is 6.96. The van der Waals surface area contributed by atoms with Crippen LogP contribution in [0.2, 0.25) is 0 Å². The van der Waals surface area contributed by atoms with Crippen LogP contribution in [0, 0.1) is 6.92 Å². The predicted octanol–water partition coefficient (Wildman–Crippen LogP) is 3.82. The third-order valence-electron chi connectivity index (χ3n) is 5.16. The number of nitrogens with one attached hydrogen (secondary N) is 1. The maximum atomic E-state index is 12.8. The molecule has 0 aliphatic carbocycles. The molecule has 0 radical (unpaired) electrons. The molecular formula is C21H23N3O3S2. The minimum atomic E-state index is -0.313. The van der Waals surface area contributed by atoms with Crippen LogP contribution in [0.25, 0.3) is 10.9 Å². The fraction of sp³-hybridized carbons (Fsp3) is 0.381. The van der Waals surface area contributed by atoms with Crippen LogP contribution in [0.5, 0.6) is 5.75 Å². The maximum absolute atomic E-state index is 12.8. The normalized spacial score (nSPS) is 19.0. The van der Waals surface area contributed by atoms with Gasteiger partial charge in [-0.05, 0) is 50.2 Å². The Bertz CT molecular complexity index is 1040. The minimum Gasteiger partial charge on any atom is -0.497 e. The molecule has 1 aromatic carbocycles. The zero-order valence-electron chi connectivity index (χ0n) is 16.7. The number of rotatable bonds is 7. The van der Waals surface area contributed by atoms with Crippen molar-refractivity contribution in [2.45, 2.75) is 24.0 Å². The quantitative estimate of drug-likeness (QED) is 0.348. The van der Waals surface area contributed by atoms with Crippen molar-refractivity contribution in [3.8, 4) is 5.75 Å². The van der Waals surface area contributed by atoms with Crippen molar-refractivity contribution in [3.63, 3.8) is 0 Å². The van der Waals surface area contributed by atoms with Crippen molar-refractivity contribution in [1.29, 1.82) is 0 Å². The van der Waals surface area contributed by atoms with E-state index >= 15 is 0 Å². The lowest BCUT2D eigenvalue weighted by molar-refractivity contribution is 0.00640. The highest BCUT2D eigenvalue weighted by Gasteiger charge is 2.37. The van der Waals surface area contributed by atoms with Gasteiger partial charge < -0.3 is 14.8 Å². The Labute approximate surface area is 178 Å². The molecule has 3 heterocycles. The summed E-state index contributed by atoms with van der Waals surface area (Å²) in [7, 11) is 3.37. The molecule has 1 fully saturated rings. The lowest BCUT2D eigenvalue weighted by Gasteiger charge is -2.25. The molecule has 1 unspecified atom stereocenters. The summed E-state index contributed by atoms with van der Waals surface area (Å²) < 4.78 is 11.1. The van der Waals surface area contributed by atoms with E-state index in [0.717, 1.165) is 50.9 Å². The van der Waals surface area contributed by atoms with Gasteiger partial charge in [0.25, 0.3) is 0 Å². The molecule has 4 rings (SSSR count). The number of ether oxygens (including phenoxy) is 2. The molecule has 1 atom stereocenters. The number of benzene rings is 1. The predicted molar refractivity (Wildman–Crippen MR) is 116 cm³/mol. The molecule has 0 spiro atoms. The van der Waals surface area contributed by atoms with Crippen molar-refractivity contribution in [2.24, 2.45) is 0 Å². The number of aromatic nitrogens is 2. The molecule has 1 saturated heterocycles. The van der Waals surface area contributed by atoms with E-state index in [1.807, 2.05) is 37.3 Å². The van der Waals surface area contributed by atoms with Crippen LogP contribution >= 0.6 is 23.1 Å². The first-order chi connectivity index (χ1) is 14.0. The number of thiophene rings is 1. The molecule has 1 aliphatic heterocycles. The van der Waals surface area contributed by atoms with E-state index in [1.165, 1.54) is 23.1 Å². The number of ketones is 1. The Kier molecular flexibility index (Phi) is 5.87. The Morgan fingerprint density at radius 2 is 2.14 bits per heavy atom. The average Bonchev–Trinajstić information content (AvgIpc) is 3.41. The van der Waals surface area contributed by atoms with Crippen LogP contribution in [0.15, 0.2) is 35.4 Å². The molecule has 3 aromatic rings. The van der Waals surface area contributed by atoms with Gasteiger partial charge in [-0.2, -0.15) is 0 Å². The number of thioether (sulfide) groups is 1. The first kappa shape index (κ1) is 20.3. The Hall–Kier alpha value is -2.00. The van der Waals surface area contributed by atoms with Gasteiger partial charge in [-0.1, -0.05) is 11.8 Å². The monoisotopic (exact) mass is 429 g/mol. The topological polar surface area (TPSA) is 73.3 Å². The van der Waals surface area contributed by atoms with Gasteiger partial charge in [0.1, 0.15) is 22.2 Å². The molecule has 0 saturated carbocycles. The molecule has 1 N–H and O–H groups in total. The summed E-state index contributed by atoms with van der Waals surface area (Å²) in [5, 5.41) is 5.04.